The molecule has 2 heterocycles. The van der Waals surface area contributed by atoms with E-state index in [0.29, 0.717) is 31.5 Å². The van der Waals surface area contributed by atoms with Gasteiger partial charge >= 0.3 is 0 Å². The van der Waals surface area contributed by atoms with E-state index in [-0.39, 0.29) is 17.7 Å². The van der Waals surface area contributed by atoms with Crippen LogP contribution in [0, 0.1) is 0 Å². The smallest absolute Gasteiger partial charge is 0.263 e. The van der Waals surface area contributed by atoms with Gasteiger partial charge in [0.2, 0.25) is 0 Å². The molecule has 2 aromatic heterocycles. The van der Waals surface area contributed by atoms with Crippen LogP contribution in [-0.2, 0) is 6.54 Å². The van der Waals surface area contributed by atoms with Gasteiger partial charge in [0.15, 0.2) is 5.16 Å². The average Bonchev–Trinajstić information content (AvgIpc) is 2.83. The number of pyridine rings is 1. The van der Waals surface area contributed by atoms with Crippen molar-refractivity contribution in [1.29, 1.82) is 0 Å². The Labute approximate surface area is 198 Å². The lowest BCUT2D eigenvalue weighted by molar-refractivity contribution is 0.671. The Hall–Kier alpha value is -3.61. The molecule has 0 unspecified atom stereocenters. The number of halogens is 1. The molecule has 0 radical (unpaired) electrons. The molecular weight excluding hydrogens is 454 g/mol. The van der Waals surface area contributed by atoms with Crippen LogP contribution in [0.4, 0.5) is 0 Å². The number of aromatic amines is 1. The number of para-hydroxylation sites is 1. The summed E-state index contributed by atoms with van der Waals surface area (Å²) in [5, 5.41) is 2.32. The lowest BCUT2D eigenvalue weighted by atomic mass is 10.0. The molecule has 5 rings (SSSR count). The molecule has 0 aliphatic carbocycles. The van der Waals surface area contributed by atoms with Gasteiger partial charge in [-0.3, -0.25) is 14.2 Å². The van der Waals surface area contributed by atoms with Crippen LogP contribution < -0.4 is 11.1 Å². The quantitative estimate of drug-likeness (QED) is 0.256. The number of benzene rings is 3. The van der Waals surface area contributed by atoms with Gasteiger partial charge in [-0.1, -0.05) is 60.1 Å². The van der Waals surface area contributed by atoms with Crippen molar-refractivity contribution in [2.24, 2.45) is 0 Å². The fourth-order valence-electron chi connectivity index (χ4n) is 3.84. The molecule has 0 aliphatic rings. The van der Waals surface area contributed by atoms with Crippen LogP contribution in [0.2, 0.25) is 5.02 Å². The SMILES string of the molecule is C=CCn1c(Sc2c(-c3ccccc3)c3cc(Cl)ccc3[nH]c2=O)nc2ccccc2c1=O. The highest BCUT2D eigenvalue weighted by atomic mass is 35.5. The summed E-state index contributed by atoms with van der Waals surface area (Å²) in [6.45, 7) is 4.05. The third-order valence-corrected chi connectivity index (χ3v) is 6.65. The summed E-state index contributed by atoms with van der Waals surface area (Å²) in [4.78, 5) is 34.6. The normalized spacial score (nSPS) is 11.2. The van der Waals surface area contributed by atoms with Crippen LogP contribution in [0.15, 0.2) is 105 Å². The van der Waals surface area contributed by atoms with Crippen molar-refractivity contribution in [2.75, 3.05) is 0 Å². The van der Waals surface area contributed by atoms with E-state index in [9.17, 15) is 9.59 Å². The van der Waals surface area contributed by atoms with E-state index in [0.717, 1.165) is 16.5 Å². The summed E-state index contributed by atoms with van der Waals surface area (Å²) < 4.78 is 1.54. The minimum Gasteiger partial charge on any atom is -0.321 e. The molecule has 33 heavy (non-hydrogen) atoms. The maximum atomic E-state index is 13.3. The van der Waals surface area contributed by atoms with E-state index in [1.165, 1.54) is 16.3 Å². The predicted octanol–water partition coefficient (Wildman–Crippen LogP) is 5.90. The minimum atomic E-state index is -0.263. The lowest BCUT2D eigenvalue weighted by Gasteiger charge is -2.15. The van der Waals surface area contributed by atoms with E-state index in [1.807, 2.05) is 48.5 Å². The molecule has 0 saturated heterocycles. The first-order valence-corrected chi connectivity index (χ1v) is 11.5. The van der Waals surface area contributed by atoms with Crippen molar-refractivity contribution >= 4 is 45.2 Å². The Bertz CT molecular complexity index is 1640. The van der Waals surface area contributed by atoms with Crippen molar-refractivity contribution < 1.29 is 0 Å². The molecule has 162 valence electrons. The van der Waals surface area contributed by atoms with E-state index >= 15 is 0 Å². The first-order valence-electron chi connectivity index (χ1n) is 10.3. The van der Waals surface area contributed by atoms with Crippen LogP contribution in [0.25, 0.3) is 32.9 Å². The minimum absolute atomic E-state index is 0.176. The van der Waals surface area contributed by atoms with E-state index in [4.69, 9.17) is 16.6 Å². The summed E-state index contributed by atoms with van der Waals surface area (Å²) >= 11 is 7.48. The molecule has 7 heteroatoms. The second-order valence-corrected chi connectivity index (χ2v) is 8.85. The highest BCUT2D eigenvalue weighted by molar-refractivity contribution is 7.99. The van der Waals surface area contributed by atoms with Crippen molar-refractivity contribution in [3.05, 3.63) is 111 Å². The zero-order valence-corrected chi connectivity index (χ0v) is 19.0. The van der Waals surface area contributed by atoms with Gasteiger partial charge in [0, 0.05) is 28.0 Å². The van der Waals surface area contributed by atoms with Gasteiger partial charge in [0.25, 0.3) is 11.1 Å². The summed E-state index contributed by atoms with van der Waals surface area (Å²) in [6.07, 6.45) is 1.64. The van der Waals surface area contributed by atoms with Gasteiger partial charge in [-0.2, -0.15) is 0 Å². The van der Waals surface area contributed by atoms with Crippen LogP contribution in [-0.4, -0.2) is 14.5 Å². The molecule has 5 nitrogen and oxygen atoms in total. The van der Waals surface area contributed by atoms with Crippen LogP contribution >= 0.6 is 23.4 Å². The standard InChI is InChI=1S/C26H18ClN3O2S/c1-2-14-30-25(32)18-10-6-7-11-20(18)29-26(30)33-23-22(16-8-4-3-5-9-16)19-15-17(27)12-13-21(19)28-24(23)31/h2-13,15H,1,14H2,(H,28,31). The highest BCUT2D eigenvalue weighted by Gasteiger charge is 2.19. The number of nitrogens with one attached hydrogen (secondary N) is 1. The third-order valence-electron chi connectivity index (χ3n) is 5.33. The second kappa shape index (κ2) is 8.73. The highest BCUT2D eigenvalue weighted by Crippen LogP contribution is 2.38. The number of aromatic nitrogens is 3. The molecule has 1 N–H and O–H groups in total. The van der Waals surface area contributed by atoms with Gasteiger partial charge in [-0.25, -0.2) is 4.98 Å². The Balaban J connectivity index is 1.82. The van der Waals surface area contributed by atoms with Crippen molar-refractivity contribution in [3.8, 4) is 11.1 Å². The number of nitrogens with zero attached hydrogens (tertiary/aromatic N) is 2. The number of allylic oxidation sites excluding steroid dienone is 1. The van der Waals surface area contributed by atoms with Crippen LogP contribution in [0.1, 0.15) is 0 Å². The van der Waals surface area contributed by atoms with Crippen molar-refractivity contribution in [3.63, 3.8) is 0 Å². The van der Waals surface area contributed by atoms with Gasteiger partial charge < -0.3 is 4.98 Å². The molecule has 0 aliphatic heterocycles. The van der Waals surface area contributed by atoms with Crippen molar-refractivity contribution in [1.82, 2.24) is 14.5 Å². The molecule has 0 spiro atoms. The molecule has 0 bridgehead atoms. The fourth-order valence-corrected chi connectivity index (χ4v) is 5.08. The maximum absolute atomic E-state index is 13.3. The lowest BCUT2D eigenvalue weighted by Crippen LogP contribution is -2.23. The molecule has 0 saturated carbocycles. The Morgan fingerprint density at radius 1 is 1.00 bits per heavy atom. The van der Waals surface area contributed by atoms with Gasteiger partial charge in [-0.15, -0.1) is 6.58 Å². The maximum Gasteiger partial charge on any atom is 0.263 e. The molecule has 0 amide bonds. The number of hydrogen-bond acceptors (Lipinski definition) is 4. The van der Waals surface area contributed by atoms with E-state index < -0.39 is 0 Å². The van der Waals surface area contributed by atoms with Crippen LogP contribution in [0.3, 0.4) is 0 Å². The number of hydrogen-bond donors (Lipinski definition) is 1. The molecule has 0 fully saturated rings. The predicted molar refractivity (Wildman–Crippen MR) is 135 cm³/mol. The summed E-state index contributed by atoms with van der Waals surface area (Å²) in [5.74, 6) is 0. The van der Waals surface area contributed by atoms with Crippen molar-refractivity contribution in [2.45, 2.75) is 16.6 Å². The molecular formula is C26H18ClN3O2S. The van der Waals surface area contributed by atoms with Crippen LogP contribution in [0.5, 0.6) is 0 Å². The summed E-state index contributed by atoms with van der Waals surface area (Å²) in [5.41, 5.74) is 2.44. The molecule has 5 aromatic rings. The molecule has 3 aromatic carbocycles. The Kier molecular flexibility index (Phi) is 5.62. The van der Waals surface area contributed by atoms with Gasteiger partial charge in [-0.05, 0) is 47.7 Å². The fraction of sp³-hybridized carbons (Fsp3) is 0.0385. The first kappa shape index (κ1) is 21.2. The third kappa shape index (κ3) is 3.88. The van der Waals surface area contributed by atoms with E-state index in [2.05, 4.69) is 11.6 Å². The topological polar surface area (TPSA) is 67.8 Å². The van der Waals surface area contributed by atoms with Gasteiger partial charge in [0.1, 0.15) is 0 Å². The Morgan fingerprint density at radius 2 is 1.76 bits per heavy atom. The monoisotopic (exact) mass is 471 g/mol. The Morgan fingerprint density at radius 3 is 2.55 bits per heavy atom. The van der Waals surface area contributed by atoms with E-state index in [1.54, 1.807) is 30.3 Å². The van der Waals surface area contributed by atoms with Gasteiger partial charge in [0.05, 0.1) is 15.8 Å². The number of rotatable bonds is 5. The zero-order valence-electron chi connectivity index (χ0n) is 17.4. The zero-order chi connectivity index (χ0) is 22.9. The largest absolute Gasteiger partial charge is 0.321 e. The average molecular weight is 472 g/mol. The number of H-pyrrole nitrogens is 1. The second-order valence-electron chi connectivity index (χ2n) is 7.43. The first-order chi connectivity index (χ1) is 16.1. The summed E-state index contributed by atoms with van der Waals surface area (Å²) in [7, 11) is 0. The summed E-state index contributed by atoms with van der Waals surface area (Å²) in [6, 6.07) is 22.2. The molecule has 0 atom stereocenters. The number of fused-ring (bicyclic) bond motifs is 2.